The molecule has 0 atom stereocenters. The molecule has 0 saturated heterocycles. The average Bonchev–Trinajstić information content (AvgIpc) is 2.85. The Morgan fingerprint density at radius 1 is 1.11 bits per heavy atom. The van der Waals surface area contributed by atoms with E-state index in [1.54, 1.807) is 6.20 Å². The molecule has 0 amide bonds. The summed E-state index contributed by atoms with van der Waals surface area (Å²) in [6.07, 6.45) is 2.74. The van der Waals surface area contributed by atoms with Crippen LogP contribution in [-0.2, 0) is 6.42 Å². The second kappa shape index (κ2) is 4.26. The van der Waals surface area contributed by atoms with Gasteiger partial charge in [0.1, 0.15) is 0 Å². The normalized spacial score (nSPS) is 11.0. The van der Waals surface area contributed by atoms with E-state index in [0.717, 1.165) is 17.8 Å². The molecule has 0 radical (unpaired) electrons. The third-order valence-electron chi connectivity index (χ3n) is 3.21. The smallest absolute Gasteiger partial charge is 0.155 e. The Morgan fingerprint density at radius 2 is 1.89 bits per heavy atom. The van der Waals surface area contributed by atoms with Gasteiger partial charge in [-0.15, -0.1) is 0 Å². The van der Waals surface area contributed by atoms with E-state index in [-0.39, 0.29) is 0 Å². The van der Waals surface area contributed by atoms with Crippen LogP contribution in [0.4, 0.5) is 0 Å². The van der Waals surface area contributed by atoms with Gasteiger partial charge in [0.15, 0.2) is 5.65 Å². The first-order valence-corrected chi connectivity index (χ1v) is 6.20. The Hall–Kier alpha value is -2.16. The summed E-state index contributed by atoms with van der Waals surface area (Å²) < 4.78 is 1.94. The minimum Gasteiger partial charge on any atom is -0.233 e. The van der Waals surface area contributed by atoms with Crippen molar-refractivity contribution in [3.05, 3.63) is 54.0 Å². The molecule has 3 nitrogen and oxygen atoms in total. The van der Waals surface area contributed by atoms with Gasteiger partial charge in [-0.2, -0.15) is 5.10 Å². The number of benzene rings is 1. The third-order valence-corrected chi connectivity index (χ3v) is 3.21. The van der Waals surface area contributed by atoms with Gasteiger partial charge in [-0.3, -0.25) is 0 Å². The fourth-order valence-corrected chi connectivity index (χ4v) is 2.44. The number of rotatable bonds is 2. The Morgan fingerprint density at radius 3 is 2.61 bits per heavy atom. The van der Waals surface area contributed by atoms with Crippen molar-refractivity contribution in [1.29, 1.82) is 0 Å². The molecule has 2 aromatic heterocycles. The van der Waals surface area contributed by atoms with Crippen LogP contribution in [0.1, 0.15) is 18.3 Å². The zero-order chi connectivity index (χ0) is 12.5. The van der Waals surface area contributed by atoms with Crippen LogP contribution in [0.15, 0.2) is 42.6 Å². The maximum absolute atomic E-state index is 4.62. The standard InChI is InChI=1S/C15H15N3/c1-3-13-15(12-7-5-4-6-8-12)11(2)17-14-9-10-16-18(13)14/h4-10H,3H2,1-2H3. The van der Waals surface area contributed by atoms with Crippen molar-refractivity contribution in [3.63, 3.8) is 0 Å². The maximum atomic E-state index is 4.62. The lowest BCUT2D eigenvalue weighted by atomic mass is 10.0. The van der Waals surface area contributed by atoms with Crippen molar-refractivity contribution >= 4 is 5.65 Å². The van der Waals surface area contributed by atoms with Gasteiger partial charge in [-0.25, -0.2) is 9.50 Å². The predicted octanol–water partition coefficient (Wildman–Crippen LogP) is 3.27. The number of fused-ring (bicyclic) bond motifs is 1. The van der Waals surface area contributed by atoms with Gasteiger partial charge >= 0.3 is 0 Å². The monoisotopic (exact) mass is 237 g/mol. The molecule has 3 heteroatoms. The zero-order valence-electron chi connectivity index (χ0n) is 10.6. The number of aryl methyl sites for hydroxylation is 2. The second-order valence-electron chi connectivity index (χ2n) is 4.34. The molecule has 0 bridgehead atoms. The highest BCUT2D eigenvalue weighted by molar-refractivity contribution is 5.70. The van der Waals surface area contributed by atoms with Crippen molar-refractivity contribution in [3.8, 4) is 11.1 Å². The van der Waals surface area contributed by atoms with Crippen LogP contribution in [0.5, 0.6) is 0 Å². The van der Waals surface area contributed by atoms with Gasteiger partial charge < -0.3 is 0 Å². The fourth-order valence-electron chi connectivity index (χ4n) is 2.44. The Balaban J connectivity index is 2.37. The summed E-state index contributed by atoms with van der Waals surface area (Å²) in [6.45, 7) is 4.22. The number of hydrogen-bond donors (Lipinski definition) is 0. The van der Waals surface area contributed by atoms with Gasteiger partial charge in [0.25, 0.3) is 0 Å². The summed E-state index contributed by atoms with van der Waals surface area (Å²) in [5.41, 5.74) is 5.61. The molecule has 0 spiro atoms. The van der Waals surface area contributed by atoms with Crippen molar-refractivity contribution in [2.45, 2.75) is 20.3 Å². The highest BCUT2D eigenvalue weighted by atomic mass is 15.2. The maximum Gasteiger partial charge on any atom is 0.155 e. The van der Waals surface area contributed by atoms with Crippen molar-refractivity contribution in [1.82, 2.24) is 14.6 Å². The lowest BCUT2D eigenvalue weighted by Gasteiger charge is -2.12. The van der Waals surface area contributed by atoms with Gasteiger partial charge in [-0.05, 0) is 18.9 Å². The van der Waals surface area contributed by atoms with Crippen molar-refractivity contribution in [2.24, 2.45) is 0 Å². The molecule has 0 saturated carbocycles. The largest absolute Gasteiger partial charge is 0.233 e. The second-order valence-corrected chi connectivity index (χ2v) is 4.34. The molecule has 90 valence electrons. The molecule has 18 heavy (non-hydrogen) atoms. The van der Waals surface area contributed by atoms with E-state index >= 15 is 0 Å². The van der Waals surface area contributed by atoms with E-state index < -0.39 is 0 Å². The Labute approximate surface area is 106 Å². The minimum atomic E-state index is 0.920. The van der Waals surface area contributed by atoms with Crippen LogP contribution in [0.2, 0.25) is 0 Å². The van der Waals surface area contributed by atoms with Gasteiger partial charge in [-0.1, -0.05) is 37.3 Å². The minimum absolute atomic E-state index is 0.920. The van der Waals surface area contributed by atoms with E-state index in [4.69, 9.17) is 0 Å². The lowest BCUT2D eigenvalue weighted by molar-refractivity contribution is 0.846. The van der Waals surface area contributed by atoms with E-state index in [0.29, 0.717) is 0 Å². The molecule has 2 heterocycles. The first-order chi connectivity index (χ1) is 8.81. The van der Waals surface area contributed by atoms with Crippen LogP contribution in [0, 0.1) is 6.92 Å². The fraction of sp³-hybridized carbons (Fsp3) is 0.200. The zero-order valence-corrected chi connectivity index (χ0v) is 10.6. The molecule has 0 aliphatic heterocycles. The molecular weight excluding hydrogens is 222 g/mol. The first kappa shape index (κ1) is 11.0. The number of hydrogen-bond acceptors (Lipinski definition) is 2. The highest BCUT2D eigenvalue weighted by Crippen LogP contribution is 2.27. The van der Waals surface area contributed by atoms with Crippen LogP contribution in [0.25, 0.3) is 16.8 Å². The van der Waals surface area contributed by atoms with Crippen molar-refractivity contribution < 1.29 is 0 Å². The average molecular weight is 237 g/mol. The summed E-state index contributed by atoms with van der Waals surface area (Å²) in [4.78, 5) is 4.62. The Kier molecular flexibility index (Phi) is 2.59. The number of aromatic nitrogens is 3. The van der Waals surface area contributed by atoms with Crippen molar-refractivity contribution in [2.75, 3.05) is 0 Å². The third kappa shape index (κ3) is 1.59. The van der Waals surface area contributed by atoms with E-state index in [2.05, 4.69) is 48.2 Å². The van der Waals surface area contributed by atoms with Gasteiger partial charge in [0, 0.05) is 17.3 Å². The quantitative estimate of drug-likeness (QED) is 0.684. The van der Waals surface area contributed by atoms with Gasteiger partial charge in [0.2, 0.25) is 0 Å². The summed E-state index contributed by atoms with van der Waals surface area (Å²) in [5, 5.41) is 4.37. The summed E-state index contributed by atoms with van der Waals surface area (Å²) in [7, 11) is 0. The molecule has 0 aliphatic carbocycles. The summed E-state index contributed by atoms with van der Waals surface area (Å²) in [5.74, 6) is 0. The van der Waals surface area contributed by atoms with Crippen LogP contribution >= 0.6 is 0 Å². The first-order valence-electron chi connectivity index (χ1n) is 6.20. The van der Waals surface area contributed by atoms with Crippen LogP contribution in [-0.4, -0.2) is 14.6 Å². The van der Waals surface area contributed by atoms with E-state index in [1.165, 1.54) is 16.8 Å². The summed E-state index contributed by atoms with van der Waals surface area (Å²) >= 11 is 0. The topological polar surface area (TPSA) is 30.2 Å². The van der Waals surface area contributed by atoms with Gasteiger partial charge in [0.05, 0.1) is 11.9 Å². The van der Waals surface area contributed by atoms with Crippen LogP contribution in [0.3, 0.4) is 0 Å². The molecule has 0 unspecified atom stereocenters. The molecular formula is C15H15N3. The molecule has 0 fully saturated rings. The molecule has 1 aromatic carbocycles. The number of nitrogens with zero attached hydrogens (tertiary/aromatic N) is 3. The lowest BCUT2D eigenvalue weighted by Crippen LogP contribution is -2.05. The Bertz CT molecular complexity index is 684. The highest BCUT2D eigenvalue weighted by Gasteiger charge is 2.13. The van der Waals surface area contributed by atoms with E-state index in [1.807, 2.05) is 16.6 Å². The SMILES string of the molecule is CCc1c(-c2ccccc2)c(C)nc2ccnn12. The molecule has 0 aliphatic rings. The van der Waals surface area contributed by atoms with Crippen LogP contribution < -0.4 is 0 Å². The molecule has 3 aromatic rings. The molecule has 3 rings (SSSR count). The predicted molar refractivity (Wildman–Crippen MR) is 72.5 cm³/mol. The van der Waals surface area contributed by atoms with E-state index in [9.17, 15) is 0 Å². The summed E-state index contributed by atoms with van der Waals surface area (Å²) in [6, 6.07) is 12.3. The molecule has 0 N–H and O–H groups in total.